The van der Waals surface area contributed by atoms with E-state index in [-0.39, 0.29) is 11.7 Å². The lowest BCUT2D eigenvalue weighted by Crippen LogP contribution is -2.61. The minimum absolute atomic E-state index is 0.0415. The number of Topliss-reactive ketones (excluding diaryl/α,β-unsaturated/α-hetero) is 1. The molecule has 2 fully saturated rings. The summed E-state index contributed by atoms with van der Waals surface area (Å²) in [5.74, 6) is 0.120. The van der Waals surface area contributed by atoms with Crippen molar-refractivity contribution >= 4 is 5.78 Å². The van der Waals surface area contributed by atoms with Crippen LogP contribution < -0.4 is 0 Å². The van der Waals surface area contributed by atoms with Crippen molar-refractivity contribution in [2.24, 2.45) is 23.2 Å². The van der Waals surface area contributed by atoms with Gasteiger partial charge in [0.1, 0.15) is 5.78 Å². The number of fused-ring (bicyclic) bond motifs is 1. The molecule has 2 N–H and O–H groups in total. The van der Waals surface area contributed by atoms with Crippen molar-refractivity contribution in [3.8, 4) is 0 Å². The first-order chi connectivity index (χ1) is 8.20. The first-order valence-corrected chi connectivity index (χ1v) is 7.14. The lowest BCUT2D eigenvalue weighted by Gasteiger charge is -2.55. The van der Waals surface area contributed by atoms with Gasteiger partial charge in [0.2, 0.25) is 0 Å². The summed E-state index contributed by atoms with van der Waals surface area (Å²) in [4.78, 5) is 12.7. The van der Waals surface area contributed by atoms with Gasteiger partial charge in [0.15, 0.2) is 0 Å². The highest BCUT2D eigenvalue weighted by Crippen LogP contribution is 2.54. The molecule has 3 heteroatoms. The highest BCUT2D eigenvalue weighted by atomic mass is 16.3. The number of rotatable bonds is 1. The van der Waals surface area contributed by atoms with Crippen molar-refractivity contribution in [3.05, 3.63) is 0 Å². The third kappa shape index (κ3) is 1.92. The molecule has 18 heavy (non-hydrogen) atoms. The Labute approximate surface area is 110 Å². The van der Waals surface area contributed by atoms with Crippen molar-refractivity contribution in [2.75, 3.05) is 0 Å². The van der Waals surface area contributed by atoms with Crippen molar-refractivity contribution < 1.29 is 15.0 Å². The van der Waals surface area contributed by atoms with Gasteiger partial charge in [-0.25, -0.2) is 0 Å². The van der Waals surface area contributed by atoms with Gasteiger partial charge in [-0.2, -0.15) is 0 Å². The van der Waals surface area contributed by atoms with Gasteiger partial charge < -0.3 is 10.2 Å². The van der Waals surface area contributed by atoms with Crippen LogP contribution in [0.2, 0.25) is 0 Å². The monoisotopic (exact) mass is 254 g/mol. The fourth-order valence-corrected chi connectivity index (χ4v) is 4.23. The zero-order valence-corrected chi connectivity index (χ0v) is 11.9. The maximum atomic E-state index is 12.7. The summed E-state index contributed by atoms with van der Waals surface area (Å²) in [7, 11) is 0. The van der Waals surface area contributed by atoms with Gasteiger partial charge in [-0.1, -0.05) is 20.8 Å². The van der Waals surface area contributed by atoms with Crippen LogP contribution in [0.15, 0.2) is 0 Å². The summed E-state index contributed by atoms with van der Waals surface area (Å²) >= 11 is 0. The Balaban J connectivity index is 2.38. The Bertz CT molecular complexity index is 348. The second kappa shape index (κ2) is 4.31. The van der Waals surface area contributed by atoms with Gasteiger partial charge >= 0.3 is 0 Å². The summed E-state index contributed by atoms with van der Waals surface area (Å²) in [5, 5.41) is 20.9. The number of carbonyl (C=O) groups is 1. The summed E-state index contributed by atoms with van der Waals surface area (Å²) < 4.78 is 0. The van der Waals surface area contributed by atoms with Crippen LogP contribution in [0.25, 0.3) is 0 Å². The summed E-state index contributed by atoms with van der Waals surface area (Å²) in [6.07, 6.45) is 2.34. The second-order valence-electron chi connectivity index (χ2n) is 7.14. The minimum Gasteiger partial charge on any atom is -0.393 e. The van der Waals surface area contributed by atoms with E-state index in [2.05, 4.69) is 13.8 Å². The maximum Gasteiger partial charge on any atom is 0.142 e. The molecule has 0 aliphatic heterocycles. The molecule has 0 radical (unpaired) electrons. The van der Waals surface area contributed by atoms with Crippen LogP contribution in [0.5, 0.6) is 0 Å². The van der Waals surface area contributed by atoms with E-state index in [1.54, 1.807) is 6.92 Å². The van der Waals surface area contributed by atoms with E-state index in [1.165, 1.54) is 0 Å². The summed E-state index contributed by atoms with van der Waals surface area (Å²) in [6, 6.07) is 0. The standard InChI is InChI=1S/C15H26O3/c1-9(2)10-5-7-14(3)11(16)6-8-15(4,18)13(14)12(10)17/h9-11,13,16,18H,5-8H2,1-4H3/t10-,11+,13+,14-,15-/m0/s1. The number of hydrogen-bond acceptors (Lipinski definition) is 3. The second-order valence-corrected chi connectivity index (χ2v) is 7.14. The third-order valence-corrected chi connectivity index (χ3v) is 5.42. The van der Waals surface area contributed by atoms with Crippen LogP contribution in [0.3, 0.4) is 0 Å². The number of aliphatic hydroxyl groups is 2. The highest BCUT2D eigenvalue weighted by molar-refractivity contribution is 5.86. The van der Waals surface area contributed by atoms with Gasteiger partial charge in [-0.15, -0.1) is 0 Å². The van der Waals surface area contributed by atoms with Crippen LogP contribution >= 0.6 is 0 Å². The molecule has 0 spiro atoms. The first kappa shape index (κ1) is 14.0. The molecule has 2 saturated carbocycles. The topological polar surface area (TPSA) is 57.5 Å². The fraction of sp³-hybridized carbons (Fsp3) is 0.933. The molecular formula is C15H26O3. The van der Waals surface area contributed by atoms with Crippen LogP contribution in [-0.4, -0.2) is 27.7 Å². The fourth-order valence-electron chi connectivity index (χ4n) is 4.23. The molecule has 0 saturated heterocycles. The smallest absolute Gasteiger partial charge is 0.142 e. The van der Waals surface area contributed by atoms with Gasteiger partial charge in [0, 0.05) is 11.3 Å². The normalized spacial score (nSPS) is 49.3. The molecule has 104 valence electrons. The van der Waals surface area contributed by atoms with Gasteiger partial charge in [-0.05, 0) is 38.5 Å². The SMILES string of the molecule is CC(C)[C@@H]1CC[C@@]2(C)[C@H](O)CC[C@](C)(O)[C@@H]2C1=O. The Hall–Kier alpha value is -0.410. The number of carbonyl (C=O) groups excluding carboxylic acids is 1. The lowest BCUT2D eigenvalue weighted by atomic mass is 9.51. The largest absolute Gasteiger partial charge is 0.393 e. The molecular weight excluding hydrogens is 228 g/mol. The van der Waals surface area contributed by atoms with Crippen molar-refractivity contribution in [2.45, 2.75) is 65.1 Å². The molecule has 2 aliphatic carbocycles. The Morgan fingerprint density at radius 1 is 1.22 bits per heavy atom. The highest BCUT2D eigenvalue weighted by Gasteiger charge is 2.59. The Kier molecular flexibility index (Phi) is 3.35. The van der Waals surface area contributed by atoms with Gasteiger partial charge in [0.05, 0.1) is 17.6 Å². The molecule has 0 amide bonds. The molecule has 2 rings (SSSR count). The number of ketones is 1. The van der Waals surface area contributed by atoms with E-state index < -0.39 is 23.0 Å². The van der Waals surface area contributed by atoms with E-state index in [4.69, 9.17) is 0 Å². The zero-order chi connectivity index (χ0) is 13.7. The molecule has 0 bridgehead atoms. The van der Waals surface area contributed by atoms with Gasteiger partial charge in [0.25, 0.3) is 0 Å². The predicted molar refractivity (Wildman–Crippen MR) is 70.0 cm³/mol. The molecule has 0 aromatic heterocycles. The zero-order valence-electron chi connectivity index (χ0n) is 11.9. The average Bonchev–Trinajstić information content (AvgIpc) is 2.23. The molecule has 0 aromatic carbocycles. The van der Waals surface area contributed by atoms with Gasteiger partial charge in [-0.3, -0.25) is 4.79 Å². The molecule has 0 heterocycles. The molecule has 0 unspecified atom stereocenters. The first-order valence-electron chi connectivity index (χ1n) is 7.14. The van der Waals surface area contributed by atoms with E-state index in [0.717, 1.165) is 12.8 Å². The molecule has 3 nitrogen and oxygen atoms in total. The van der Waals surface area contributed by atoms with E-state index in [1.807, 2.05) is 6.92 Å². The Morgan fingerprint density at radius 2 is 1.83 bits per heavy atom. The predicted octanol–water partition coefficient (Wildman–Crippen LogP) is 2.15. The third-order valence-electron chi connectivity index (χ3n) is 5.42. The van der Waals surface area contributed by atoms with E-state index >= 15 is 0 Å². The molecule has 0 aromatic rings. The lowest BCUT2D eigenvalue weighted by molar-refractivity contribution is -0.184. The van der Waals surface area contributed by atoms with Crippen molar-refractivity contribution in [1.82, 2.24) is 0 Å². The van der Waals surface area contributed by atoms with Crippen LogP contribution in [0.1, 0.15) is 53.4 Å². The Morgan fingerprint density at radius 3 is 2.39 bits per heavy atom. The van der Waals surface area contributed by atoms with Crippen molar-refractivity contribution in [1.29, 1.82) is 0 Å². The molecule has 5 atom stereocenters. The quantitative estimate of drug-likeness (QED) is 0.754. The van der Waals surface area contributed by atoms with Crippen LogP contribution in [0.4, 0.5) is 0 Å². The summed E-state index contributed by atoms with van der Waals surface area (Å²) in [5.41, 5.74) is -1.40. The van der Waals surface area contributed by atoms with Crippen LogP contribution in [0, 0.1) is 23.2 Å². The summed E-state index contributed by atoms with van der Waals surface area (Å²) in [6.45, 7) is 7.88. The number of aliphatic hydroxyl groups excluding tert-OH is 1. The van der Waals surface area contributed by atoms with Crippen molar-refractivity contribution in [3.63, 3.8) is 0 Å². The number of hydrogen-bond donors (Lipinski definition) is 2. The van der Waals surface area contributed by atoms with E-state index in [9.17, 15) is 15.0 Å². The maximum absolute atomic E-state index is 12.7. The molecule has 2 aliphatic rings. The minimum atomic E-state index is -0.960. The van der Waals surface area contributed by atoms with E-state index in [0.29, 0.717) is 18.8 Å². The van der Waals surface area contributed by atoms with Crippen LogP contribution in [-0.2, 0) is 4.79 Å². The average molecular weight is 254 g/mol.